The van der Waals surface area contributed by atoms with Gasteiger partial charge in [-0.15, -0.1) is 0 Å². The van der Waals surface area contributed by atoms with Gasteiger partial charge in [-0.05, 0) is 43.3 Å². The maximum absolute atomic E-state index is 12.3. The maximum Gasteiger partial charge on any atom is 0.267 e. The molecule has 0 spiro atoms. The molecule has 0 aliphatic heterocycles. The number of amides is 1. The second-order valence-corrected chi connectivity index (χ2v) is 5.85. The zero-order valence-corrected chi connectivity index (χ0v) is 14.9. The minimum absolute atomic E-state index is 0.0742. The van der Waals surface area contributed by atoms with Gasteiger partial charge >= 0.3 is 0 Å². The van der Waals surface area contributed by atoms with Gasteiger partial charge in [0, 0.05) is 42.9 Å². The molecule has 0 aromatic heterocycles. The summed E-state index contributed by atoms with van der Waals surface area (Å²) < 4.78 is 0. The summed E-state index contributed by atoms with van der Waals surface area (Å²) in [6.45, 7) is 1.45. The van der Waals surface area contributed by atoms with Crippen molar-refractivity contribution in [2.75, 3.05) is 29.6 Å². The van der Waals surface area contributed by atoms with E-state index in [9.17, 15) is 14.9 Å². The van der Waals surface area contributed by atoms with Crippen LogP contribution in [0.3, 0.4) is 0 Å². The van der Waals surface area contributed by atoms with E-state index in [0.29, 0.717) is 11.3 Å². The van der Waals surface area contributed by atoms with Crippen molar-refractivity contribution in [1.29, 1.82) is 5.26 Å². The number of nitrogens with zero attached hydrogens (tertiary/aromatic N) is 2. The average molecular weight is 348 g/mol. The Kier molecular flexibility index (Phi) is 6.12. The van der Waals surface area contributed by atoms with Gasteiger partial charge in [0.15, 0.2) is 5.78 Å². The van der Waals surface area contributed by atoms with Gasteiger partial charge in [0.1, 0.15) is 11.6 Å². The summed E-state index contributed by atoms with van der Waals surface area (Å²) in [5.74, 6) is -0.648. The predicted molar refractivity (Wildman–Crippen MR) is 103 cm³/mol. The SMILES string of the molecule is CC(=O)c1cccc(NC(=O)/C(C#N)=C\Nc2ccc(N(C)C)cc2)c1. The number of rotatable bonds is 6. The fourth-order valence-electron chi connectivity index (χ4n) is 2.17. The number of anilines is 3. The molecule has 0 aliphatic carbocycles. The summed E-state index contributed by atoms with van der Waals surface area (Å²) in [6.07, 6.45) is 1.36. The summed E-state index contributed by atoms with van der Waals surface area (Å²) >= 11 is 0. The monoisotopic (exact) mass is 348 g/mol. The van der Waals surface area contributed by atoms with Crippen LogP contribution in [0.1, 0.15) is 17.3 Å². The number of carbonyl (C=O) groups excluding carboxylic acids is 2. The minimum Gasteiger partial charge on any atom is -0.378 e. The number of hydrogen-bond donors (Lipinski definition) is 2. The van der Waals surface area contributed by atoms with Crippen molar-refractivity contribution in [2.45, 2.75) is 6.92 Å². The van der Waals surface area contributed by atoms with Gasteiger partial charge < -0.3 is 15.5 Å². The molecule has 0 fully saturated rings. The molecular formula is C20H20N4O2. The molecule has 0 unspecified atom stereocenters. The molecule has 26 heavy (non-hydrogen) atoms. The molecule has 0 radical (unpaired) electrons. The van der Waals surface area contributed by atoms with E-state index in [2.05, 4.69) is 10.6 Å². The molecule has 2 N–H and O–H groups in total. The van der Waals surface area contributed by atoms with E-state index >= 15 is 0 Å². The van der Waals surface area contributed by atoms with Gasteiger partial charge in [-0.2, -0.15) is 5.26 Å². The Labute approximate surface area is 152 Å². The summed E-state index contributed by atoms with van der Waals surface area (Å²) in [6, 6.07) is 16.0. The quantitative estimate of drug-likeness (QED) is 0.475. The summed E-state index contributed by atoms with van der Waals surface area (Å²) in [5.41, 5.74) is 2.68. The van der Waals surface area contributed by atoms with Crippen LogP contribution >= 0.6 is 0 Å². The minimum atomic E-state index is -0.550. The highest BCUT2D eigenvalue weighted by atomic mass is 16.1. The fourth-order valence-corrected chi connectivity index (χ4v) is 2.17. The highest BCUT2D eigenvalue weighted by Gasteiger charge is 2.10. The first-order chi connectivity index (χ1) is 12.4. The lowest BCUT2D eigenvalue weighted by Gasteiger charge is -2.12. The first kappa shape index (κ1) is 18.7. The van der Waals surface area contributed by atoms with Crippen molar-refractivity contribution in [3.63, 3.8) is 0 Å². The van der Waals surface area contributed by atoms with Crippen molar-refractivity contribution in [3.05, 3.63) is 65.9 Å². The van der Waals surface area contributed by atoms with Crippen molar-refractivity contribution >= 4 is 28.8 Å². The van der Waals surface area contributed by atoms with E-state index in [4.69, 9.17) is 0 Å². The number of nitriles is 1. The molecule has 2 aromatic carbocycles. The molecule has 1 amide bonds. The average Bonchev–Trinajstić information content (AvgIpc) is 2.62. The number of nitrogens with one attached hydrogen (secondary N) is 2. The van der Waals surface area contributed by atoms with E-state index in [1.807, 2.05) is 49.3 Å². The normalized spacial score (nSPS) is 10.6. The molecule has 0 heterocycles. The molecule has 6 nitrogen and oxygen atoms in total. The van der Waals surface area contributed by atoms with Crippen LogP contribution < -0.4 is 15.5 Å². The second kappa shape index (κ2) is 8.49. The van der Waals surface area contributed by atoms with E-state index < -0.39 is 5.91 Å². The molecule has 2 aromatic rings. The third-order valence-electron chi connectivity index (χ3n) is 3.66. The Balaban J connectivity index is 2.08. The summed E-state index contributed by atoms with van der Waals surface area (Å²) in [4.78, 5) is 25.6. The van der Waals surface area contributed by atoms with Crippen LogP contribution in [0.15, 0.2) is 60.3 Å². The lowest BCUT2D eigenvalue weighted by atomic mass is 10.1. The van der Waals surface area contributed by atoms with E-state index in [-0.39, 0.29) is 11.4 Å². The van der Waals surface area contributed by atoms with Gasteiger partial charge in [-0.1, -0.05) is 12.1 Å². The van der Waals surface area contributed by atoms with Crippen LogP contribution in [0.2, 0.25) is 0 Å². The molecule has 0 atom stereocenters. The summed E-state index contributed by atoms with van der Waals surface area (Å²) in [7, 11) is 3.89. The van der Waals surface area contributed by atoms with E-state index in [1.54, 1.807) is 24.3 Å². The largest absolute Gasteiger partial charge is 0.378 e. The van der Waals surface area contributed by atoms with Crippen molar-refractivity contribution < 1.29 is 9.59 Å². The molecule has 0 aliphatic rings. The van der Waals surface area contributed by atoms with Gasteiger partial charge in [0.25, 0.3) is 5.91 Å². The second-order valence-electron chi connectivity index (χ2n) is 5.85. The van der Waals surface area contributed by atoms with Gasteiger partial charge in [-0.25, -0.2) is 0 Å². The number of carbonyl (C=O) groups is 2. The molecule has 6 heteroatoms. The van der Waals surface area contributed by atoms with Crippen molar-refractivity contribution in [1.82, 2.24) is 0 Å². The molecule has 0 saturated carbocycles. The third-order valence-corrected chi connectivity index (χ3v) is 3.66. The number of hydrogen-bond acceptors (Lipinski definition) is 5. The topological polar surface area (TPSA) is 85.2 Å². The first-order valence-electron chi connectivity index (χ1n) is 7.97. The predicted octanol–water partition coefficient (Wildman–Crippen LogP) is 3.41. The Morgan fingerprint density at radius 2 is 1.77 bits per heavy atom. The van der Waals surface area contributed by atoms with Crippen LogP contribution in [-0.2, 0) is 4.79 Å². The van der Waals surface area contributed by atoms with Gasteiger partial charge in [-0.3, -0.25) is 9.59 Å². The molecule has 132 valence electrons. The molecule has 0 bridgehead atoms. The van der Waals surface area contributed by atoms with E-state index in [0.717, 1.165) is 11.4 Å². The maximum atomic E-state index is 12.3. The lowest BCUT2D eigenvalue weighted by Crippen LogP contribution is -2.15. The van der Waals surface area contributed by atoms with Crippen molar-refractivity contribution in [3.8, 4) is 6.07 Å². The Morgan fingerprint density at radius 3 is 2.35 bits per heavy atom. The zero-order valence-electron chi connectivity index (χ0n) is 14.9. The third kappa shape index (κ3) is 4.95. The Bertz CT molecular complexity index is 877. The number of Topliss-reactive ketones (excluding diaryl/α,β-unsaturated/α-hetero) is 1. The fraction of sp³-hybridized carbons (Fsp3) is 0.150. The number of benzene rings is 2. The number of ketones is 1. The van der Waals surface area contributed by atoms with Crippen LogP contribution in [0.5, 0.6) is 0 Å². The van der Waals surface area contributed by atoms with Crippen LogP contribution in [0.25, 0.3) is 0 Å². The molecule has 2 rings (SSSR count). The van der Waals surface area contributed by atoms with Crippen molar-refractivity contribution in [2.24, 2.45) is 0 Å². The summed E-state index contributed by atoms with van der Waals surface area (Å²) in [5, 5.41) is 14.8. The Morgan fingerprint density at radius 1 is 1.08 bits per heavy atom. The first-order valence-corrected chi connectivity index (χ1v) is 7.97. The van der Waals surface area contributed by atoms with Crippen LogP contribution in [0.4, 0.5) is 17.1 Å². The highest BCUT2D eigenvalue weighted by Crippen LogP contribution is 2.16. The van der Waals surface area contributed by atoms with E-state index in [1.165, 1.54) is 13.1 Å². The lowest BCUT2D eigenvalue weighted by molar-refractivity contribution is -0.112. The Hall–Kier alpha value is -3.59. The standard InChI is InChI=1S/C20H20N4O2/c1-14(25)15-5-4-6-18(11-15)23-20(26)16(12-21)13-22-17-7-9-19(10-8-17)24(2)3/h4-11,13,22H,1-3H3,(H,23,26)/b16-13-. The molecular weight excluding hydrogens is 328 g/mol. The van der Waals surface area contributed by atoms with Gasteiger partial charge in [0.05, 0.1) is 0 Å². The zero-order chi connectivity index (χ0) is 19.1. The van der Waals surface area contributed by atoms with Gasteiger partial charge in [0.2, 0.25) is 0 Å². The smallest absolute Gasteiger partial charge is 0.267 e. The molecule has 0 saturated heterocycles. The van der Waals surface area contributed by atoms with Crippen LogP contribution in [-0.4, -0.2) is 25.8 Å². The highest BCUT2D eigenvalue weighted by molar-refractivity contribution is 6.07. The van der Waals surface area contributed by atoms with Crippen LogP contribution in [0, 0.1) is 11.3 Å².